The molecule has 0 aliphatic carbocycles. The molecule has 0 bridgehead atoms. The molecule has 1 atom stereocenters. The largest absolute Gasteiger partial charge is 0.284 e. The third-order valence-electron chi connectivity index (χ3n) is 1.88. The van der Waals surface area contributed by atoms with Crippen molar-refractivity contribution in [3.63, 3.8) is 0 Å². The van der Waals surface area contributed by atoms with Crippen molar-refractivity contribution in [2.75, 3.05) is 0 Å². The first kappa shape index (κ1) is 9.69. The fraction of sp³-hybridized carbons (Fsp3) is 0.300. The molecule has 0 aliphatic heterocycles. The molecular formula is C10H16PSi+. The minimum Gasteiger partial charge on any atom is -0.0619 e. The van der Waals surface area contributed by atoms with E-state index in [2.05, 4.69) is 56.3 Å². The third-order valence-corrected chi connectivity index (χ3v) is 10.1. The van der Waals surface area contributed by atoms with Crippen molar-refractivity contribution in [1.29, 1.82) is 0 Å². The summed E-state index contributed by atoms with van der Waals surface area (Å²) in [7, 11) is -1.18. The highest BCUT2D eigenvalue weighted by Gasteiger charge is 2.31. The van der Waals surface area contributed by atoms with E-state index in [1.54, 1.807) is 0 Å². The highest BCUT2D eigenvalue weighted by molar-refractivity contribution is 7.97. The third kappa shape index (κ3) is 2.30. The normalized spacial score (nSPS) is 12.8. The summed E-state index contributed by atoms with van der Waals surface area (Å²) in [4.78, 5) is 0. The maximum absolute atomic E-state index is 4.31. The van der Waals surface area contributed by atoms with Crippen LogP contribution in [-0.2, 0) is 0 Å². The van der Waals surface area contributed by atoms with Gasteiger partial charge < -0.3 is 0 Å². The Morgan fingerprint density at radius 2 is 1.58 bits per heavy atom. The van der Waals surface area contributed by atoms with Crippen molar-refractivity contribution in [2.24, 2.45) is 0 Å². The van der Waals surface area contributed by atoms with Crippen LogP contribution >= 0.6 is 7.09 Å². The molecule has 1 aromatic rings. The number of hydrogen-bond acceptors (Lipinski definition) is 0. The molecule has 1 unspecified atom stereocenters. The van der Waals surface area contributed by atoms with Gasteiger partial charge >= 0.3 is 0 Å². The Bertz CT molecular complexity index is 272. The van der Waals surface area contributed by atoms with Crippen molar-refractivity contribution >= 4 is 26.4 Å². The molecule has 1 aromatic carbocycles. The van der Waals surface area contributed by atoms with E-state index < -0.39 is 7.74 Å². The molecule has 0 aromatic heterocycles. The van der Waals surface area contributed by atoms with Gasteiger partial charge in [0.2, 0.25) is 0 Å². The Kier molecular flexibility index (Phi) is 2.87. The zero-order valence-corrected chi connectivity index (χ0v) is 9.94. The van der Waals surface area contributed by atoms with Crippen molar-refractivity contribution in [2.45, 2.75) is 19.6 Å². The molecular weight excluding hydrogens is 179 g/mol. The molecule has 0 N–H and O–H groups in total. The SMILES string of the molecule is C=[P+](c1ccccc1)[Si](C)(C)C. The van der Waals surface area contributed by atoms with Gasteiger partial charge in [-0.05, 0) is 31.8 Å². The second-order valence-electron chi connectivity index (χ2n) is 3.93. The number of benzene rings is 1. The summed E-state index contributed by atoms with van der Waals surface area (Å²) < 4.78 is 0. The Hall–Kier alpha value is -0.393. The molecule has 0 saturated carbocycles. The first-order valence-corrected chi connectivity index (χ1v) is 10.0. The fourth-order valence-corrected chi connectivity index (χ4v) is 5.07. The quantitative estimate of drug-likeness (QED) is 0.502. The molecule has 2 heteroatoms. The van der Waals surface area contributed by atoms with Crippen LogP contribution in [0, 0.1) is 0 Å². The summed E-state index contributed by atoms with van der Waals surface area (Å²) in [6, 6.07) is 10.7. The summed E-state index contributed by atoms with van der Waals surface area (Å²) in [5, 5.41) is 1.45. The van der Waals surface area contributed by atoms with Gasteiger partial charge in [0, 0.05) is 0 Å². The lowest BCUT2D eigenvalue weighted by atomic mass is 10.4. The highest BCUT2D eigenvalue weighted by atomic mass is 31.4. The van der Waals surface area contributed by atoms with Crippen molar-refractivity contribution in [1.82, 2.24) is 0 Å². The zero-order chi connectivity index (χ0) is 9.19. The van der Waals surface area contributed by atoms with Crippen molar-refractivity contribution in [3.8, 4) is 0 Å². The lowest BCUT2D eigenvalue weighted by Crippen LogP contribution is -2.19. The van der Waals surface area contributed by atoms with Gasteiger partial charge in [-0.15, -0.1) is 0 Å². The second kappa shape index (κ2) is 3.55. The summed E-state index contributed by atoms with van der Waals surface area (Å²) in [5.74, 6) is 0. The number of rotatable bonds is 2. The molecule has 0 nitrogen and oxygen atoms in total. The standard InChI is InChI=1S/C10H16PSi/c1-11(12(2,3)4)10-8-6-5-7-9-10/h5-9H,1H2,2-4H3/q+1. The van der Waals surface area contributed by atoms with Gasteiger partial charge in [0.1, 0.15) is 5.30 Å². The van der Waals surface area contributed by atoms with Gasteiger partial charge in [0.05, 0.1) is 13.4 Å². The molecule has 0 aliphatic rings. The van der Waals surface area contributed by atoms with Gasteiger partial charge in [-0.2, -0.15) is 0 Å². The Labute approximate surface area is 76.9 Å². The molecule has 0 amide bonds. The van der Waals surface area contributed by atoms with Crippen LogP contribution in [0.5, 0.6) is 0 Å². The summed E-state index contributed by atoms with van der Waals surface area (Å²) in [6.07, 6.45) is 4.31. The lowest BCUT2D eigenvalue weighted by Gasteiger charge is -2.06. The highest BCUT2D eigenvalue weighted by Crippen LogP contribution is 2.32. The molecule has 0 heterocycles. The second-order valence-corrected chi connectivity index (χ2v) is 15.3. The van der Waals surface area contributed by atoms with E-state index >= 15 is 0 Å². The van der Waals surface area contributed by atoms with E-state index in [0.29, 0.717) is 0 Å². The predicted molar refractivity (Wildman–Crippen MR) is 63.5 cm³/mol. The minimum atomic E-state index is -1.05. The predicted octanol–water partition coefficient (Wildman–Crippen LogP) is 3.06. The Balaban J connectivity index is 2.94. The van der Waals surface area contributed by atoms with Gasteiger partial charge in [-0.1, -0.05) is 18.2 Å². The summed E-state index contributed by atoms with van der Waals surface area (Å²) >= 11 is 0. The molecule has 0 fully saturated rings. The fourth-order valence-electron chi connectivity index (χ4n) is 0.995. The molecule has 12 heavy (non-hydrogen) atoms. The van der Waals surface area contributed by atoms with Gasteiger partial charge in [-0.25, -0.2) is 0 Å². The molecule has 0 saturated heterocycles. The van der Waals surface area contributed by atoms with Crippen LogP contribution in [0.15, 0.2) is 30.3 Å². The van der Waals surface area contributed by atoms with Crippen LogP contribution in [0.3, 0.4) is 0 Å². The van der Waals surface area contributed by atoms with Crippen LogP contribution in [0.4, 0.5) is 0 Å². The zero-order valence-electron chi connectivity index (χ0n) is 8.04. The van der Waals surface area contributed by atoms with Crippen LogP contribution in [0.2, 0.25) is 19.6 Å². The lowest BCUT2D eigenvalue weighted by molar-refractivity contribution is 1.77. The van der Waals surface area contributed by atoms with E-state index in [0.717, 1.165) is 0 Å². The maximum atomic E-state index is 4.31. The average molecular weight is 195 g/mol. The summed E-state index contributed by atoms with van der Waals surface area (Å²) in [5.41, 5.74) is 0. The van der Waals surface area contributed by atoms with Crippen molar-refractivity contribution in [3.05, 3.63) is 30.3 Å². The maximum Gasteiger partial charge on any atom is 0.284 e. The molecule has 64 valence electrons. The number of hydrogen-bond donors (Lipinski definition) is 0. The minimum absolute atomic E-state index is 0.128. The molecule has 0 radical (unpaired) electrons. The van der Waals surface area contributed by atoms with Gasteiger partial charge in [0.15, 0.2) is 0 Å². The Morgan fingerprint density at radius 1 is 1.08 bits per heavy atom. The smallest absolute Gasteiger partial charge is 0.0619 e. The van der Waals surface area contributed by atoms with E-state index in [4.69, 9.17) is 0 Å². The first-order valence-electron chi connectivity index (χ1n) is 4.17. The van der Waals surface area contributed by atoms with Crippen LogP contribution in [0.1, 0.15) is 0 Å². The van der Waals surface area contributed by atoms with Gasteiger partial charge in [0.25, 0.3) is 7.74 Å². The van der Waals surface area contributed by atoms with Crippen LogP contribution in [0.25, 0.3) is 0 Å². The topological polar surface area (TPSA) is 0 Å². The van der Waals surface area contributed by atoms with E-state index in [9.17, 15) is 0 Å². The van der Waals surface area contributed by atoms with E-state index in [1.165, 1.54) is 5.30 Å². The van der Waals surface area contributed by atoms with Gasteiger partial charge in [-0.3, -0.25) is 0 Å². The first-order chi connectivity index (χ1) is 5.52. The van der Waals surface area contributed by atoms with E-state index in [1.807, 2.05) is 0 Å². The van der Waals surface area contributed by atoms with Crippen LogP contribution in [-0.4, -0.2) is 14.0 Å². The van der Waals surface area contributed by atoms with E-state index in [-0.39, 0.29) is 7.09 Å². The van der Waals surface area contributed by atoms with Crippen molar-refractivity contribution < 1.29 is 0 Å². The Morgan fingerprint density at radius 3 is 2.00 bits per heavy atom. The monoisotopic (exact) mass is 195 g/mol. The summed E-state index contributed by atoms with van der Waals surface area (Å²) in [6.45, 7) is 7.16. The molecule has 0 spiro atoms. The van der Waals surface area contributed by atoms with Crippen LogP contribution < -0.4 is 5.30 Å². The average Bonchev–Trinajstić information content (AvgIpc) is 2.03. The molecule has 1 rings (SSSR count).